The van der Waals surface area contributed by atoms with Crippen LogP contribution in [0.1, 0.15) is 31.9 Å². The summed E-state index contributed by atoms with van der Waals surface area (Å²) in [6.07, 6.45) is 1.12. The van der Waals surface area contributed by atoms with Crippen molar-refractivity contribution in [2.45, 2.75) is 31.6 Å². The van der Waals surface area contributed by atoms with Crippen LogP contribution in [0, 0.1) is 5.82 Å². The van der Waals surface area contributed by atoms with Crippen LogP contribution >= 0.6 is 11.8 Å². The Morgan fingerprint density at radius 1 is 1.40 bits per heavy atom. The Morgan fingerprint density at radius 3 is 2.67 bits per heavy atom. The Kier molecular flexibility index (Phi) is 5.12. The largest absolute Gasteiger partial charge is 0.323 e. The summed E-state index contributed by atoms with van der Waals surface area (Å²) < 4.78 is 13.4. The summed E-state index contributed by atoms with van der Waals surface area (Å²) >= 11 is 1.80. The zero-order chi connectivity index (χ0) is 11.3. The van der Waals surface area contributed by atoms with E-state index in [9.17, 15) is 4.39 Å². The van der Waals surface area contributed by atoms with E-state index in [4.69, 9.17) is 5.73 Å². The molecule has 0 saturated carbocycles. The second kappa shape index (κ2) is 6.13. The maximum atomic E-state index is 13.4. The monoisotopic (exact) mass is 227 g/mol. The Morgan fingerprint density at radius 2 is 2.07 bits per heavy atom. The fourth-order valence-electron chi connectivity index (χ4n) is 1.25. The highest BCUT2D eigenvalue weighted by Crippen LogP contribution is 2.22. The number of nitrogens with two attached hydrogens (primary N) is 1. The van der Waals surface area contributed by atoms with Gasteiger partial charge in [-0.2, -0.15) is 11.8 Å². The number of halogens is 1. The molecule has 0 saturated heterocycles. The molecule has 15 heavy (non-hydrogen) atoms. The van der Waals surface area contributed by atoms with Crippen LogP contribution in [0.4, 0.5) is 4.39 Å². The molecule has 84 valence electrons. The molecule has 0 fully saturated rings. The summed E-state index contributed by atoms with van der Waals surface area (Å²) in [4.78, 5) is 0. The highest BCUT2D eigenvalue weighted by molar-refractivity contribution is 7.99. The van der Waals surface area contributed by atoms with Crippen molar-refractivity contribution in [1.82, 2.24) is 0 Å². The molecule has 0 aliphatic rings. The molecule has 2 atom stereocenters. The maximum Gasteiger partial charge on any atom is 0.128 e. The van der Waals surface area contributed by atoms with E-state index in [-0.39, 0.29) is 11.9 Å². The third kappa shape index (κ3) is 3.84. The topological polar surface area (TPSA) is 26.0 Å². The van der Waals surface area contributed by atoms with Gasteiger partial charge in [-0.05, 0) is 12.5 Å². The van der Waals surface area contributed by atoms with Gasteiger partial charge in [-0.25, -0.2) is 4.39 Å². The van der Waals surface area contributed by atoms with Gasteiger partial charge in [-0.1, -0.05) is 32.0 Å². The minimum absolute atomic E-state index is 0.199. The van der Waals surface area contributed by atoms with Crippen LogP contribution in [-0.4, -0.2) is 11.0 Å². The number of rotatable bonds is 5. The second-order valence-electron chi connectivity index (χ2n) is 3.68. The lowest BCUT2D eigenvalue weighted by molar-refractivity contribution is 0.595. The van der Waals surface area contributed by atoms with Crippen molar-refractivity contribution >= 4 is 11.8 Å². The molecule has 0 amide bonds. The first-order valence-corrected chi connectivity index (χ1v) is 6.31. The number of hydrogen-bond donors (Lipinski definition) is 1. The van der Waals surface area contributed by atoms with E-state index in [1.54, 1.807) is 23.9 Å². The molecule has 1 nitrogen and oxygen atoms in total. The minimum atomic E-state index is -0.204. The van der Waals surface area contributed by atoms with E-state index in [2.05, 4.69) is 13.8 Å². The normalized spacial score (nSPS) is 14.9. The van der Waals surface area contributed by atoms with E-state index < -0.39 is 0 Å². The van der Waals surface area contributed by atoms with Crippen molar-refractivity contribution < 1.29 is 4.39 Å². The van der Waals surface area contributed by atoms with Gasteiger partial charge < -0.3 is 5.73 Å². The van der Waals surface area contributed by atoms with Gasteiger partial charge in [0.15, 0.2) is 0 Å². The molecule has 2 N–H and O–H groups in total. The molecule has 1 rings (SSSR count). The van der Waals surface area contributed by atoms with Crippen LogP contribution in [0.25, 0.3) is 0 Å². The predicted octanol–water partition coefficient (Wildman–Crippen LogP) is 3.36. The van der Waals surface area contributed by atoms with Crippen LogP contribution in [0.3, 0.4) is 0 Å². The molecule has 2 unspecified atom stereocenters. The van der Waals surface area contributed by atoms with E-state index in [0.29, 0.717) is 10.8 Å². The second-order valence-corrected chi connectivity index (χ2v) is 5.15. The summed E-state index contributed by atoms with van der Waals surface area (Å²) in [6.45, 7) is 4.31. The summed E-state index contributed by atoms with van der Waals surface area (Å²) in [5.74, 6) is 0.574. The van der Waals surface area contributed by atoms with Crippen LogP contribution in [-0.2, 0) is 0 Å². The van der Waals surface area contributed by atoms with Gasteiger partial charge in [-0.3, -0.25) is 0 Å². The molecule has 0 aliphatic heterocycles. The first-order valence-electron chi connectivity index (χ1n) is 5.26. The van der Waals surface area contributed by atoms with Gasteiger partial charge in [0.2, 0.25) is 0 Å². The third-order valence-electron chi connectivity index (χ3n) is 2.44. The van der Waals surface area contributed by atoms with E-state index >= 15 is 0 Å². The molecule has 0 heterocycles. The SMILES string of the molecule is CCC(C)SCC(N)c1ccccc1F. The van der Waals surface area contributed by atoms with Gasteiger partial charge in [0.25, 0.3) is 0 Å². The highest BCUT2D eigenvalue weighted by Gasteiger charge is 2.11. The van der Waals surface area contributed by atoms with Crippen LogP contribution in [0.5, 0.6) is 0 Å². The van der Waals surface area contributed by atoms with Crippen molar-refractivity contribution in [3.8, 4) is 0 Å². The zero-order valence-corrected chi connectivity index (χ0v) is 10.1. The van der Waals surface area contributed by atoms with Gasteiger partial charge in [0, 0.05) is 22.6 Å². The summed E-state index contributed by atoms with van der Waals surface area (Å²) in [6, 6.07) is 6.53. The standard InChI is InChI=1S/C12H18FNS/c1-3-9(2)15-8-12(14)10-6-4-5-7-11(10)13/h4-7,9,12H,3,8,14H2,1-2H3. The maximum absolute atomic E-state index is 13.4. The molecule has 1 aromatic carbocycles. The third-order valence-corrected chi connectivity index (χ3v) is 3.89. The van der Waals surface area contributed by atoms with E-state index in [0.717, 1.165) is 12.2 Å². The van der Waals surface area contributed by atoms with Gasteiger partial charge >= 0.3 is 0 Å². The summed E-state index contributed by atoms with van der Waals surface area (Å²) in [5, 5.41) is 0.586. The zero-order valence-electron chi connectivity index (χ0n) is 9.24. The van der Waals surface area contributed by atoms with Crippen molar-refractivity contribution in [3.63, 3.8) is 0 Å². The van der Waals surface area contributed by atoms with Crippen molar-refractivity contribution in [1.29, 1.82) is 0 Å². The van der Waals surface area contributed by atoms with E-state index in [1.165, 1.54) is 6.07 Å². The van der Waals surface area contributed by atoms with Crippen LogP contribution < -0.4 is 5.73 Å². The molecular weight excluding hydrogens is 209 g/mol. The first kappa shape index (κ1) is 12.5. The average molecular weight is 227 g/mol. The van der Waals surface area contributed by atoms with Crippen LogP contribution in [0.15, 0.2) is 24.3 Å². The Hall–Kier alpha value is -0.540. The molecule has 1 aromatic rings. The molecule has 0 radical (unpaired) electrons. The fourth-order valence-corrected chi connectivity index (χ4v) is 2.20. The highest BCUT2D eigenvalue weighted by atomic mass is 32.2. The van der Waals surface area contributed by atoms with Crippen molar-refractivity contribution in [2.24, 2.45) is 5.73 Å². The number of benzene rings is 1. The van der Waals surface area contributed by atoms with Crippen molar-refractivity contribution in [2.75, 3.05) is 5.75 Å². The molecule has 3 heteroatoms. The predicted molar refractivity (Wildman–Crippen MR) is 65.5 cm³/mol. The van der Waals surface area contributed by atoms with Crippen LogP contribution in [0.2, 0.25) is 0 Å². The number of hydrogen-bond acceptors (Lipinski definition) is 2. The van der Waals surface area contributed by atoms with E-state index in [1.807, 2.05) is 6.07 Å². The fraction of sp³-hybridized carbons (Fsp3) is 0.500. The number of thioether (sulfide) groups is 1. The van der Waals surface area contributed by atoms with Gasteiger partial charge in [0.1, 0.15) is 5.82 Å². The lowest BCUT2D eigenvalue weighted by Gasteiger charge is -2.15. The minimum Gasteiger partial charge on any atom is -0.323 e. The summed E-state index contributed by atoms with van der Waals surface area (Å²) in [7, 11) is 0. The first-order chi connectivity index (χ1) is 7.15. The lowest BCUT2D eigenvalue weighted by Crippen LogP contribution is -2.16. The smallest absolute Gasteiger partial charge is 0.128 e. The quantitative estimate of drug-likeness (QED) is 0.834. The molecule has 0 aromatic heterocycles. The Balaban J connectivity index is 2.54. The summed E-state index contributed by atoms with van der Waals surface area (Å²) in [5.41, 5.74) is 6.56. The molecule has 0 aliphatic carbocycles. The Labute approximate surface area is 95.2 Å². The lowest BCUT2D eigenvalue weighted by atomic mass is 10.1. The molecule has 0 spiro atoms. The van der Waals surface area contributed by atoms with Crippen molar-refractivity contribution in [3.05, 3.63) is 35.6 Å². The molecule has 0 bridgehead atoms. The van der Waals surface area contributed by atoms with Gasteiger partial charge in [-0.15, -0.1) is 0 Å². The average Bonchev–Trinajstić information content (AvgIpc) is 2.26. The van der Waals surface area contributed by atoms with Gasteiger partial charge in [0.05, 0.1) is 0 Å². The Bertz CT molecular complexity index is 303. The molecular formula is C12H18FNS.